The van der Waals surface area contributed by atoms with Gasteiger partial charge < -0.3 is 9.47 Å². The number of ether oxygens (including phenoxy) is 2. The van der Waals surface area contributed by atoms with Crippen molar-refractivity contribution in [1.29, 1.82) is 0 Å². The molecule has 15 heteroatoms. The quantitative estimate of drug-likeness (QED) is 0.194. The first-order chi connectivity index (χ1) is 21.9. The third kappa shape index (κ3) is 6.20. The minimum absolute atomic E-state index is 0.0523. The zero-order chi connectivity index (χ0) is 33.2. The summed E-state index contributed by atoms with van der Waals surface area (Å²) in [6.45, 7) is 6.57. The molecule has 3 aromatic rings. The maximum Gasteiger partial charge on any atom is 0.436 e. The van der Waals surface area contributed by atoms with E-state index in [1.54, 1.807) is 94.4 Å². The van der Waals surface area contributed by atoms with Crippen molar-refractivity contribution in [2.45, 2.75) is 51.3 Å². The van der Waals surface area contributed by atoms with E-state index in [-0.39, 0.29) is 22.3 Å². The summed E-state index contributed by atoms with van der Waals surface area (Å²) in [5.41, 5.74) is -0.706. The van der Waals surface area contributed by atoms with Crippen molar-refractivity contribution in [2.24, 2.45) is 10.1 Å². The Morgan fingerprint density at radius 1 is 0.957 bits per heavy atom. The SMILES string of the molecule is CC(C)OC(=O)N1C(SCc2ccc([N+](=O)[O-])cc2Br)=NC2(C(=O)N(c3ccccc3)N=C2c2ccccc2)N1C(=O)OC(C)C. The molecule has 3 amide bonds. The number of anilines is 1. The largest absolute Gasteiger partial charge is 0.445 e. The van der Waals surface area contributed by atoms with Gasteiger partial charge in [0.2, 0.25) is 0 Å². The molecule has 0 bridgehead atoms. The van der Waals surface area contributed by atoms with Crippen LogP contribution in [0.3, 0.4) is 0 Å². The summed E-state index contributed by atoms with van der Waals surface area (Å²) < 4.78 is 11.6. The van der Waals surface area contributed by atoms with E-state index in [2.05, 4.69) is 21.0 Å². The van der Waals surface area contributed by atoms with E-state index < -0.39 is 40.9 Å². The van der Waals surface area contributed by atoms with E-state index >= 15 is 0 Å². The molecule has 0 N–H and O–H groups in total. The predicted octanol–water partition coefficient (Wildman–Crippen LogP) is 6.72. The highest BCUT2D eigenvalue weighted by atomic mass is 79.9. The lowest BCUT2D eigenvalue weighted by molar-refractivity contribution is -0.384. The Bertz CT molecular complexity index is 1740. The number of hydrazine groups is 1. The van der Waals surface area contributed by atoms with E-state index in [0.717, 1.165) is 26.8 Å². The molecule has 2 heterocycles. The number of amidine groups is 1. The van der Waals surface area contributed by atoms with Crippen LogP contribution in [0.2, 0.25) is 0 Å². The second kappa shape index (κ2) is 13.3. The second-order valence-electron chi connectivity index (χ2n) is 10.6. The molecule has 0 saturated carbocycles. The first-order valence-electron chi connectivity index (χ1n) is 14.1. The molecule has 0 aliphatic carbocycles. The first-order valence-corrected chi connectivity index (χ1v) is 15.9. The van der Waals surface area contributed by atoms with E-state index in [1.807, 2.05) is 0 Å². The molecular weight excluding hydrogens is 680 g/mol. The Labute approximate surface area is 277 Å². The highest BCUT2D eigenvalue weighted by Crippen LogP contribution is 2.43. The number of hydrogen-bond acceptors (Lipinski definition) is 10. The number of thioether (sulfide) groups is 1. The van der Waals surface area contributed by atoms with Crippen LogP contribution in [0.4, 0.5) is 21.0 Å². The molecule has 5 rings (SSSR count). The van der Waals surface area contributed by atoms with Crippen LogP contribution in [0.5, 0.6) is 0 Å². The van der Waals surface area contributed by atoms with Gasteiger partial charge in [0.1, 0.15) is 5.71 Å². The summed E-state index contributed by atoms with van der Waals surface area (Å²) in [6, 6.07) is 21.7. The molecule has 13 nitrogen and oxygen atoms in total. The number of non-ortho nitro benzene ring substituents is 1. The number of benzene rings is 3. The normalized spacial score (nSPS) is 17.5. The fourth-order valence-corrected chi connectivity index (χ4v) is 6.40. The number of nitro benzene ring substituents is 1. The number of hydrazone groups is 1. The van der Waals surface area contributed by atoms with Crippen molar-refractivity contribution in [2.75, 3.05) is 5.01 Å². The highest BCUT2D eigenvalue weighted by Gasteiger charge is 2.66. The van der Waals surface area contributed by atoms with E-state index in [9.17, 15) is 24.5 Å². The topological polar surface area (TPSA) is 147 Å². The summed E-state index contributed by atoms with van der Waals surface area (Å²) in [5.74, 6) is -0.590. The van der Waals surface area contributed by atoms with Gasteiger partial charge in [0.15, 0.2) is 5.17 Å². The van der Waals surface area contributed by atoms with Crippen LogP contribution in [0, 0.1) is 10.1 Å². The molecule has 0 aromatic heterocycles. The van der Waals surface area contributed by atoms with Gasteiger partial charge >= 0.3 is 18.1 Å². The summed E-state index contributed by atoms with van der Waals surface area (Å²) in [4.78, 5) is 58.1. The van der Waals surface area contributed by atoms with Gasteiger partial charge in [-0.2, -0.15) is 20.1 Å². The average Bonchev–Trinajstić information content (AvgIpc) is 3.51. The van der Waals surface area contributed by atoms with Gasteiger partial charge in [0.05, 0.1) is 22.8 Å². The first kappa shape index (κ1) is 32.6. The molecule has 1 spiro atoms. The van der Waals surface area contributed by atoms with Crippen LogP contribution in [-0.2, 0) is 20.0 Å². The number of hydrogen-bond donors (Lipinski definition) is 0. The Balaban J connectivity index is 1.70. The number of para-hydroxylation sites is 1. The molecule has 1 unspecified atom stereocenters. The molecule has 0 radical (unpaired) electrons. The highest BCUT2D eigenvalue weighted by molar-refractivity contribution is 9.10. The van der Waals surface area contributed by atoms with Gasteiger partial charge in [-0.25, -0.2) is 14.6 Å². The minimum Gasteiger partial charge on any atom is -0.445 e. The van der Waals surface area contributed by atoms with Crippen molar-refractivity contribution in [3.63, 3.8) is 0 Å². The molecule has 0 saturated heterocycles. The molecule has 238 valence electrons. The Hall–Kier alpha value is -4.76. The van der Waals surface area contributed by atoms with Crippen LogP contribution in [0.1, 0.15) is 38.8 Å². The number of carbonyl (C=O) groups is 3. The van der Waals surface area contributed by atoms with E-state index in [0.29, 0.717) is 21.3 Å². The molecule has 2 aliphatic heterocycles. The van der Waals surface area contributed by atoms with Crippen molar-refractivity contribution in [3.8, 4) is 0 Å². The Morgan fingerprint density at radius 2 is 1.57 bits per heavy atom. The fraction of sp³-hybridized carbons (Fsp3) is 0.258. The van der Waals surface area contributed by atoms with Gasteiger partial charge in [0, 0.05) is 27.9 Å². The van der Waals surface area contributed by atoms with Crippen LogP contribution in [-0.4, -0.2) is 61.8 Å². The molecule has 1 atom stereocenters. The number of halogens is 1. The van der Waals surface area contributed by atoms with Gasteiger partial charge in [-0.1, -0.05) is 82.3 Å². The van der Waals surface area contributed by atoms with Crippen LogP contribution < -0.4 is 5.01 Å². The van der Waals surface area contributed by atoms with E-state index in [4.69, 9.17) is 14.5 Å². The lowest BCUT2D eigenvalue weighted by Gasteiger charge is -2.35. The van der Waals surface area contributed by atoms with Crippen molar-refractivity contribution in [1.82, 2.24) is 10.0 Å². The summed E-state index contributed by atoms with van der Waals surface area (Å²) in [7, 11) is 0. The maximum absolute atomic E-state index is 14.7. The van der Waals surface area contributed by atoms with Gasteiger partial charge in [-0.3, -0.25) is 14.9 Å². The number of carbonyl (C=O) groups excluding carboxylic acids is 3. The lowest BCUT2D eigenvalue weighted by atomic mass is 9.97. The Kier molecular flexibility index (Phi) is 9.44. The van der Waals surface area contributed by atoms with Crippen molar-refractivity contribution in [3.05, 3.63) is 105 Å². The van der Waals surface area contributed by atoms with Crippen LogP contribution in [0.15, 0.2) is 93.4 Å². The zero-order valence-corrected chi connectivity index (χ0v) is 27.6. The standard InChI is InChI=1S/C31H29BrN6O7S/c1-19(2)44-29(40)36-28(46-18-22-15-16-24(38(42)43)17-25(22)32)33-31(37(36)30(41)45-20(3)4)26(21-11-7-5-8-12-21)34-35(27(31)39)23-13-9-6-10-14-23/h5-17,19-20H,18H2,1-4H3. The molecular formula is C31H29BrN6O7S. The molecule has 2 aliphatic rings. The minimum atomic E-state index is -2.20. The number of amides is 3. The maximum atomic E-state index is 14.7. The zero-order valence-electron chi connectivity index (χ0n) is 25.2. The van der Waals surface area contributed by atoms with Crippen molar-refractivity contribution < 1.29 is 28.8 Å². The van der Waals surface area contributed by atoms with Gasteiger partial charge in [-0.05, 0) is 45.4 Å². The monoisotopic (exact) mass is 708 g/mol. The van der Waals surface area contributed by atoms with Gasteiger partial charge in [-0.15, -0.1) is 0 Å². The molecule has 0 fully saturated rings. The lowest BCUT2D eigenvalue weighted by Crippen LogP contribution is -2.64. The third-order valence-electron chi connectivity index (χ3n) is 6.64. The second-order valence-corrected chi connectivity index (χ2v) is 12.4. The average molecular weight is 710 g/mol. The van der Waals surface area contributed by atoms with Gasteiger partial charge in [0.25, 0.3) is 11.4 Å². The Morgan fingerprint density at radius 3 is 2.15 bits per heavy atom. The third-order valence-corrected chi connectivity index (χ3v) is 8.35. The summed E-state index contributed by atoms with van der Waals surface area (Å²) in [5, 5.41) is 18.8. The van der Waals surface area contributed by atoms with E-state index in [1.165, 1.54) is 12.1 Å². The van der Waals surface area contributed by atoms with Crippen LogP contribution in [0.25, 0.3) is 0 Å². The van der Waals surface area contributed by atoms with Crippen molar-refractivity contribution >= 4 is 68.0 Å². The fourth-order valence-electron chi connectivity index (χ4n) is 4.70. The smallest absolute Gasteiger partial charge is 0.436 e. The molecule has 3 aromatic carbocycles. The number of nitrogens with zero attached hydrogens (tertiary/aromatic N) is 6. The number of nitro groups is 1. The molecule has 46 heavy (non-hydrogen) atoms. The van der Waals surface area contributed by atoms with Crippen LogP contribution >= 0.6 is 27.7 Å². The summed E-state index contributed by atoms with van der Waals surface area (Å²) in [6.07, 6.45) is -3.22. The summed E-state index contributed by atoms with van der Waals surface area (Å²) >= 11 is 4.41. The predicted molar refractivity (Wildman–Crippen MR) is 176 cm³/mol. The number of aliphatic imine (C=N–C) groups is 1. The number of rotatable bonds is 7.